The van der Waals surface area contributed by atoms with Gasteiger partial charge in [0.15, 0.2) is 0 Å². The number of carbonyl (C=O) groups excluding carboxylic acids is 1. The minimum absolute atomic E-state index is 0.107. The number of halogens is 3. The number of nitrogens with zero attached hydrogens (tertiary/aromatic N) is 1. The number of ketones is 1. The van der Waals surface area contributed by atoms with Gasteiger partial charge in [0.05, 0.1) is 6.54 Å². The average molecular weight is 265 g/mol. The van der Waals surface area contributed by atoms with Crippen molar-refractivity contribution in [2.45, 2.75) is 52.8 Å². The summed E-state index contributed by atoms with van der Waals surface area (Å²) in [5, 5.41) is 0. The number of hydrogen-bond donors (Lipinski definition) is 0. The van der Waals surface area contributed by atoms with E-state index in [0.29, 0.717) is 6.42 Å². The monoisotopic (exact) mass is 265 g/mol. The molecule has 1 fully saturated rings. The van der Waals surface area contributed by atoms with Crippen LogP contribution in [-0.4, -0.2) is 36.0 Å². The van der Waals surface area contributed by atoms with E-state index in [-0.39, 0.29) is 29.7 Å². The maximum atomic E-state index is 12.5. The molecule has 0 spiro atoms. The first-order valence-electron chi connectivity index (χ1n) is 6.38. The SMILES string of the molecule is CC(C)N(CC1CCC(C)(C)C1=O)CC(F)(F)F. The maximum Gasteiger partial charge on any atom is 0.401 e. The van der Waals surface area contributed by atoms with E-state index in [2.05, 4.69) is 0 Å². The standard InChI is InChI=1S/C13H22F3NO/c1-9(2)17(8-13(14,15)16)7-10-5-6-12(3,4)11(10)18/h9-10H,5-8H2,1-4H3. The molecule has 5 heteroatoms. The van der Waals surface area contributed by atoms with Crippen LogP contribution in [0.1, 0.15) is 40.5 Å². The van der Waals surface area contributed by atoms with Gasteiger partial charge in [-0.2, -0.15) is 13.2 Å². The Balaban J connectivity index is 2.66. The van der Waals surface area contributed by atoms with Crippen molar-refractivity contribution in [2.75, 3.05) is 13.1 Å². The molecule has 0 bridgehead atoms. The molecule has 0 aliphatic heterocycles. The summed E-state index contributed by atoms with van der Waals surface area (Å²) >= 11 is 0. The van der Waals surface area contributed by atoms with Gasteiger partial charge in [0.2, 0.25) is 0 Å². The molecular formula is C13H22F3NO. The molecule has 0 N–H and O–H groups in total. The molecular weight excluding hydrogens is 243 g/mol. The van der Waals surface area contributed by atoms with Gasteiger partial charge in [-0.25, -0.2) is 0 Å². The van der Waals surface area contributed by atoms with Crippen molar-refractivity contribution < 1.29 is 18.0 Å². The molecule has 1 rings (SSSR count). The largest absolute Gasteiger partial charge is 0.401 e. The number of Topliss-reactive ketones (excluding diaryl/α,β-unsaturated/α-hetero) is 1. The van der Waals surface area contributed by atoms with Crippen LogP contribution in [0.3, 0.4) is 0 Å². The number of alkyl halides is 3. The van der Waals surface area contributed by atoms with Gasteiger partial charge >= 0.3 is 6.18 Å². The second-order valence-corrected chi connectivity index (χ2v) is 6.12. The summed E-state index contributed by atoms with van der Waals surface area (Å²) in [6.07, 6.45) is -2.73. The van der Waals surface area contributed by atoms with Gasteiger partial charge in [-0.05, 0) is 26.7 Å². The second kappa shape index (κ2) is 5.19. The van der Waals surface area contributed by atoms with Crippen molar-refractivity contribution in [2.24, 2.45) is 11.3 Å². The molecule has 1 unspecified atom stereocenters. The van der Waals surface area contributed by atoms with Crippen LogP contribution in [0, 0.1) is 11.3 Å². The van der Waals surface area contributed by atoms with Gasteiger partial charge < -0.3 is 0 Å². The minimum atomic E-state index is -4.21. The van der Waals surface area contributed by atoms with E-state index >= 15 is 0 Å². The molecule has 1 aliphatic rings. The molecule has 1 saturated carbocycles. The van der Waals surface area contributed by atoms with E-state index in [1.165, 1.54) is 4.90 Å². The van der Waals surface area contributed by atoms with Gasteiger partial charge in [-0.3, -0.25) is 9.69 Å². The summed E-state index contributed by atoms with van der Waals surface area (Å²) < 4.78 is 37.4. The molecule has 0 aromatic heterocycles. The predicted molar refractivity (Wildman–Crippen MR) is 64.3 cm³/mol. The van der Waals surface area contributed by atoms with E-state index in [1.54, 1.807) is 13.8 Å². The van der Waals surface area contributed by atoms with Crippen molar-refractivity contribution in [3.63, 3.8) is 0 Å². The Morgan fingerprint density at radius 2 is 1.94 bits per heavy atom. The van der Waals surface area contributed by atoms with Crippen LogP contribution < -0.4 is 0 Å². The summed E-state index contributed by atoms with van der Waals surface area (Å²) in [6, 6.07) is -0.205. The summed E-state index contributed by atoms with van der Waals surface area (Å²) in [5.74, 6) is -0.139. The lowest BCUT2D eigenvalue weighted by atomic mass is 9.89. The Morgan fingerprint density at radius 3 is 2.28 bits per heavy atom. The van der Waals surface area contributed by atoms with Gasteiger partial charge in [-0.15, -0.1) is 0 Å². The maximum absolute atomic E-state index is 12.5. The van der Waals surface area contributed by atoms with Gasteiger partial charge in [-0.1, -0.05) is 13.8 Å². The molecule has 0 heterocycles. The fraction of sp³-hybridized carbons (Fsp3) is 0.923. The fourth-order valence-electron chi connectivity index (χ4n) is 2.49. The van der Waals surface area contributed by atoms with Crippen molar-refractivity contribution in [3.05, 3.63) is 0 Å². The molecule has 0 saturated heterocycles. The lowest BCUT2D eigenvalue weighted by Crippen LogP contribution is -2.43. The summed E-state index contributed by atoms with van der Waals surface area (Å²) in [5.41, 5.74) is -0.369. The highest BCUT2D eigenvalue weighted by Crippen LogP contribution is 2.38. The third-order valence-electron chi connectivity index (χ3n) is 3.72. The second-order valence-electron chi connectivity index (χ2n) is 6.12. The van der Waals surface area contributed by atoms with Crippen molar-refractivity contribution >= 4 is 5.78 Å². The number of hydrogen-bond acceptors (Lipinski definition) is 2. The molecule has 0 aromatic rings. The van der Waals surface area contributed by atoms with Gasteiger partial charge in [0.1, 0.15) is 5.78 Å². The normalized spacial score (nSPS) is 24.3. The Bertz CT molecular complexity index is 310. The lowest BCUT2D eigenvalue weighted by molar-refractivity contribution is -0.152. The first-order valence-corrected chi connectivity index (χ1v) is 6.38. The highest BCUT2D eigenvalue weighted by molar-refractivity contribution is 5.88. The van der Waals surface area contributed by atoms with Crippen LogP contribution >= 0.6 is 0 Å². The summed E-state index contributed by atoms with van der Waals surface area (Å²) in [7, 11) is 0. The van der Waals surface area contributed by atoms with Crippen molar-refractivity contribution in [1.29, 1.82) is 0 Å². The fourth-order valence-corrected chi connectivity index (χ4v) is 2.49. The van der Waals surface area contributed by atoms with Gasteiger partial charge in [0.25, 0.3) is 0 Å². The van der Waals surface area contributed by atoms with E-state index < -0.39 is 12.7 Å². The van der Waals surface area contributed by atoms with Crippen LogP contribution in [0.2, 0.25) is 0 Å². The number of rotatable bonds is 4. The topological polar surface area (TPSA) is 20.3 Å². The first kappa shape index (κ1) is 15.5. The Hall–Kier alpha value is -0.580. The smallest absolute Gasteiger partial charge is 0.299 e. The molecule has 0 aromatic carbocycles. The van der Waals surface area contributed by atoms with E-state index in [1.807, 2.05) is 13.8 Å². The van der Waals surface area contributed by atoms with E-state index in [0.717, 1.165) is 6.42 Å². The first-order chi connectivity index (χ1) is 8.03. The summed E-state index contributed by atoms with van der Waals surface area (Å²) in [4.78, 5) is 13.4. The predicted octanol–water partition coefficient (Wildman–Crippen LogP) is 3.26. The van der Waals surface area contributed by atoms with Crippen LogP contribution in [0.15, 0.2) is 0 Å². The zero-order valence-corrected chi connectivity index (χ0v) is 11.5. The lowest BCUT2D eigenvalue weighted by Gasteiger charge is -2.30. The molecule has 1 aliphatic carbocycles. The van der Waals surface area contributed by atoms with Crippen molar-refractivity contribution in [3.8, 4) is 0 Å². The minimum Gasteiger partial charge on any atom is -0.299 e. The van der Waals surface area contributed by atoms with Crippen molar-refractivity contribution in [1.82, 2.24) is 4.90 Å². The Kier molecular flexibility index (Phi) is 4.47. The third kappa shape index (κ3) is 3.97. The zero-order chi connectivity index (χ0) is 14.1. The van der Waals surface area contributed by atoms with E-state index in [4.69, 9.17) is 0 Å². The highest BCUT2D eigenvalue weighted by atomic mass is 19.4. The number of carbonyl (C=O) groups is 1. The molecule has 0 amide bonds. The molecule has 0 radical (unpaired) electrons. The Labute approximate surface area is 107 Å². The zero-order valence-electron chi connectivity index (χ0n) is 11.5. The van der Waals surface area contributed by atoms with Crippen LogP contribution in [0.5, 0.6) is 0 Å². The van der Waals surface area contributed by atoms with Crippen LogP contribution in [-0.2, 0) is 4.79 Å². The molecule has 106 valence electrons. The highest BCUT2D eigenvalue weighted by Gasteiger charge is 2.42. The van der Waals surface area contributed by atoms with E-state index in [9.17, 15) is 18.0 Å². The molecule has 1 atom stereocenters. The van der Waals surface area contributed by atoms with Gasteiger partial charge in [0, 0.05) is 23.9 Å². The van der Waals surface area contributed by atoms with Crippen LogP contribution in [0.25, 0.3) is 0 Å². The quantitative estimate of drug-likeness (QED) is 0.777. The third-order valence-corrected chi connectivity index (χ3v) is 3.72. The summed E-state index contributed by atoms with van der Waals surface area (Å²) in [6.45, 7) is 6.50. The molecule has 2 nitrogen and oxygen atoms in total. The van der Waals surface area contributed by atoms with Crippen LogP contribution in [0.4, 0.5) is 13.2 Å². The average Bonchev–Trinajstić information content (AvgIpc) is 2.42. The Morgan fingerprint density at radius 1 is 1.39 bits per heavy atom. The molecule has 18 heavy (non-hydrogen) atoms.